The molecule has 1 N–H and O–H groups in total. The van der Waals surface area contributed by atoms with Crippen LogP contribution in [0.15, 0.2) is 64.6 Å². The Labute approximate surface area is 223 Å². The first-order chi connectivity index (χ1) is 17.9. The molecule has 0 fully saturated rings. The minimum absolute atomic E-state index is 0.0369. The van der Waals surface area contributed by atoms with Crippen molar-refractivity contribution in [1.29, 1.82) is 0 Å². The van der Waals surface area contributed by atoms with E-state index in [1.165, 1.54) is 36.9 Å². The molecule has 1 aliphatic heterocycles. The number of nitrogens with zero attached hydrogens (tertiary/aromatic N) is 1. The van der Waals surface area contributed by atoms with Gasteiger partial charge in [-0.3, -0.25) is 9.69 Å². The first-order valence-electron chi connectivity index (χ1n) is 11.6. The van der Waals surface area contributed by atoms with Gasteiger partial charge in [-0.1, -0.05) is 18.2 Å². The molecule has 0 spiro atoms. The molecule has 3 heterocycles. The van der Waals surface area contributed by atoms with Crippen LogP contribution >= 0.6 is 22.7 Å². The SMILES string of the molecule is COC(=O)C1=C(O)C(C(=O)OC)C(c2cccs2)N(CCc2ccc(OC)cc2OC)C1c1cccs1. The Kier molecular flexibility index (Phi) is 8.52. The van der Waals surface area contributed by atoms with Gasteiger partial charge in [0.2, 0.25) is 0 Å². The molecule has 196 valence electrons. The molecule has 3 atom stereocenters. The van der Waals surface area contributed by atoms with Crippen molar-refractivity contribution in [1.82, 2.24) is 4.90 Å². The van der Waals surface area contributed by atoms with E-state index in [2.05, 4.69) is 4.90 Å². The molecule has 0 saturated heterocycles. The van der Waals surface area contributed by atoms with Crippen molar-refractivity contribution in [2.24, 2.45) is 5.92 Å². The average Bonchev–Trinajstić information content (AvgIpc) is 3.65. The van der Waals surface area contributed by atoms with Gasteiger partial charge in [-0.25, -0.2) is 4.79 Å². The van der Waals surface area contributed by atoms with Crippen LogP contribution in [0.25, 0.3) is 0 Å². The van der Waals surface area contributed by atoms with Gasteiger partial charge < -0.3 is 24.1 Å². The Hall–Kier alpha value is -3.34. The van der Waals surface area contributed by atoms with Crippen molar-refractivity contribution >= 4 is 34.6 Å². The fourth-order valence-electron chi connectivity index (χ4n) is 4.78. The van der Waals surface area contributed by atoms with Crippen LogP contribution in [0.3, 0.4) is 0 Å². The average molecular weight is 544 g/mol. The molecule has 10 heteroatoms. The predicted molar refractivity (Wildman–Crippen MR) is 141 cm³/mol. The number of hydrogen-bond donors (Lipinski definition) is 1. The monoisotopic (exact) mass is 543 g/mol. The topological polar surface area (TPSA) is 94.5 Å². The molecular formula is C27H29NO7S2. The number of carbonyl (C=O) groups excluding carboxylic acids is 2. The lowest BCUT2D eigenvalue weighted by Gasteiger charge is -2.44. The minimum atomic E-state index is -1.10. The fourth-order valence-corrected chi connectivity index (χ4v) is 6.52. The molecule has 0 saturated carbocycles. The molecule has 0 aliphatic carbocycles. The maximum atomic E-state index is 13.1. The second-order valence-corrected chi connectivity index (χ2v) is 10.3. The van der Waals surface area contributed by atoms with Crippen molar-refractivity contribution < 1.29 is 33.6 Å². The number of aliphatic hydroxyl groups excluding tert-OH is 1. The van der Waals surface area contributed by atoms with Gasteiger partial charge in [-0.15, -0.1) is 22.7 Å². The Morgan fingerprint density at radius 3 is 2.22 bits per heavy atom. The number of aliphatic hydroxyl groups is 1. The van der Waals surface area contributed by atoms with Gasteiger partial charge in [0.05, 0.1) is 46.1 Å². The molecule has 0 amide bonds. The smallest absolute Gasteiger partial charge is 0.339 e. The Balaban J connectivity index is 1.87. The molecule has 2 aromatic heterocycles. The number of benzene rings is 1. The van der Waals surface area contributed by atoms with Crippen LogP contribution in [-0.2, 0) is 25.5 Å². The van der Waals surface area contributed by atoms with Crippen molar-refractivity contribution in [3.05, 3.63) is 79.9 Å². The third kappa shape index (κ3) is 5.22. The number of rotatable bonds is 9. The standard InChI is InChI=1S/C27H29NO7S2/c1-32-17-10-9-16(18(15-17)33-2)11-12-28-23(19-7-5-13-36-19)21(26(30)34-3)25(29)22(27(31)35-4)24(28)20-8-6-14-37-20/h5-10,13-15,21,23-24,29H,11-12H2,1-4H3. The summed E-state index contributed by atoms with van der Waals surface area (Å²) in [5, 5.41) is 15.3. The zero-order chi connectivity index (χ0) is 26.5. The van der Waals surface area contributed by atoms with Gasteiger partial charge in [-0.05, 0) is 40.9 Å². The lowest BCUT2D eigenvalue weighted by molar-refractivity contribution is -0.149. The van der Waals surface area contributed by atoms with E-state index in [0.717, 1.165) is 15.3 Å². The summed E-state index contributed by atoms with van der Waals surface area (Å²) in [5.41, 5.74) is 0.973. The van der Waals surface area contributed by atoms with Crippen LogP contribution in [0.2, 0.25) is 0 Å². The van der Waals surface area contributed by atoms with E-state index in [1.807, 2.05) is 53.2 Å². The zero-order valence-corrected chi connectivity index (χ0v) is 22.6. The van der Waals surface area contributed by atoms with Crippen molar-refractivity contribution in [3.8, 4) is 11.5 Å². The summed E-state index contributed by atoms with van der Waals surface area (Å²) in [7, 11) is 5.74. The lowest BCUT2D eigenvalue weighted by atomic mass is 9.82. The summed E-state index contributed by atoms with van der Waals surface area (Å²) >= 11 is 2.95. The maximum absolute atomic E-state index is 13.1. The molecule has 37 heavy (non-hydrogen) atoms. The van der Waals surface area contributed by atoms with E-state index >= 15 is 0 Å². The van der Waals surface area contributed by atoms with Crippen LogP contribution in [0.4, 0.5) is 0 Å². The van der Waals surface area contributed by atoms with Gasteiger partial charge in [0.15, 0.2) is 0 Å². The van der Waals surface area contributed by atoms with E-state index in [4.69, 9.17) is 18.9 Å². The van der Waals surface area contributed by atoms with Crippen LogP contribution < -0.4 is 9.47 Å². The van der Waals surface area contributed by atoms with Crippen LogP contribution in [0, 0.1) is 5.92 Å². The molecule has 0 bridgehead atoms. The molecule has 0 radical (unpaired) electrons. The summed E-state index contributed by atoms with van der Waals surface area (Å²) in [6.07, 6.45) is 0.542. The Morgan fingerprint density at radius 1 is 0.946 bits per heavy atom. The molecule has 1 aliphatic rings. The third-order valence-electron chi connectivity index (χ3n) is 6.49. The normalized spacial score (nSPS) is 19.9. The molecule has 1 aromatic carbocycles. The number of ether oxygens (including phenoxy) is 4. The van der Waals surface area contributed by atoms with Gasteiger partial charge in [0.25, 0.3) is 0 Å². The molecule has 3 aromatic rings. The summed E-state index contributed by atoms with van der Waals surface area (Å²) in [5.74, 6) is -1.40. The van der Waals surface area contributed by atoms with E-state index in [9.17, 15) is 14.7 Å². The van der Waals surface area contributed by atoms with Crippen molar-refractivity contribution in [2.75, 3.05) is 35.0 Å². The molecule has 3 unspecified atom stereocenters. The molecule has 8 nitrogen and oxygen atoms in total. The van der Waals surface area contributed by atoms with Gasteiger partial charge in [0.1, 0.15) is 23.2 Å². The van der Waals surface area contributed by atoms with Gasteiger partial charge >= 0.3 is 11.9 Å². The van der Waals surface area contributed by atoms with Crippen LogP contribution in [0.1, 0.15) is 27.4 Å². The van der Waals surface area contributed by atoms with Crippen molar-refractivity contribution in [2.45, 2.75) is 18.5 Å². The quantitative estimate of drug-likeness (QED) is 0.379. The number of hydrogen-bond acceptors (Lipinski definition) is 10. The summed E-state index contributed by atoms with van der Waals surface area (Å²) in [6.45, 7) is 0.440. The molecule has 4 rings (SSSR count). The van der Waals surface area contributed by atoms with Crippen LogP contribution in [-0.4, -0.2) is 56.9 Å². The number of esters is 2. The van der Waals surface area contributed by atoms with E-state index in [-0.39, 0.29) is 11.3 Å². The highest BCUT2D eigenvalue weighted by Crippen LogP contribution is 2.50. The van der Waals surface area contributed by atoms with Crippen LogP contribution in [0.5, 0.6) is 11.5 Å². The highest BCUT2D eigenvalue weighted by Gasteiger charge is 2.50. The maximum Gasteiger partial charge on any atom is 0.339 e. The second-order valence-electron chi connectivity index (χ2n) is 8.34. The third-order valence-corrected chi connectivity index (χ3v) is 8.36. The second kappa shape index (κ2) is 11.8. The lowest BCUT2D eigenvalue weighted by Crippen LogP contribution is -2.47. The first kappa shape index (κ1) is 26.7. The highest BCUT2D eigenvalue weighted by molar-refractivity contribution is 7.10. The molecular weight excluding hydrogens is 514 g/mol. The van der Waals surface area contributed by atoms with E-state index < -0.39 is 29.9 Å². The Bertz CT molecular complexity index is 1250. The highest BCUT2D eigenvalue weighted by atomic mass is 32.1. The zero-order valence-electron chi connectivity index (χ0n) is 21.0. The summed E-state index contributed by atoms with van der Waals surface area (Å²) < 4.78 is 21.1. The number of methoxy groups -OCH3 is 4. The first-order valence-corrected chi connectivity index (χ1v) is 13.3. The number of carbonyl (C=O) groups is 2. The summed E-state index contributed by atoms with van der Waals surface area (Å²) in [4.78, 5) is 30.0. The van der Waals surface area contributed by atoms with E-state index in [1.54, 1.807) is 14.2 Å². The Morgan fingerprint density at radius 2 is 1.65 bits per heavy atom. The van der Waals surface area contributed by atoms with Crippen molar-refractivity contribution in [3.63, 3.8) is 0 Å². The number of thiophene rings is 2. The predicted octanol–water partition coefficient (Wildman–Crippen LogP) is 4.94. The van der Waals surface area contributed by atoms with Gasteiger partial charge in [0, 0.05) is 22.4 Å². The van der Waals surface area contributed by atoms with E-state index in [0.29, 0.717) is 24.5 Å². The van der Waals surface area contributed by atoms with Gasteiger partial charge in [-0.2, -0.15) is 0 Å². The minimum Gasteiger partial charge on any atom is -0.511 e. The summed E-state index contributed by atoms with van der Waals surface area (Å²) in [6, 6.07) is 12.0. The largest absolute Gasteiger partial charge is 0.511 e. The fraction of sp³-hybridized carbons (Fsp3) is 0.333.